The van der Waals surface area contributed by atoms with Gasteiger partial charge < -0.3 is 15.5 Å². The molecule has 1 aliphatic heterocycles. The number of phenols is 1. The van der Waals surface area contributed by atoms with Gasteiger partial charge in [0, 0.05) is 11.4 Å². The van der Waals surface area contributed by atoms with E-state index in [-0.39, 0.29) is 23.7 Å². The Bertz CT molecular complexity index is 965. The second-order valence-electron chi connectivity index (χ2n) is 7.73. The van der Waals surface area contributed by atoms with Crippen LogP contribution in [0.1, 0.15) is 43.7 Å². The molecule has 1 heterocycles. The van der Waals surface area contributed by atoms with E-state index in [0.717, 1.165) is 24.8 Å². The number of anilines is 1. The SMILES string of the molecule is O=C(N[C@H]1CCCC[C@@H]1O)C1=NN(c2ccc(Cl)cc2Cl)[C@H](c2ccc(O)cc2)C1. The number of benzene rings is 2. The van der Waals surface area contributed by atoms with Gasteiger partial charge in [0.25, 0.3) is 5.91 Å². The third-order valence-electron chi connectivity index (χ3n) is 5.65. The third-order valence-corrected chi connectivity index (χ3v) is 6.19. The van der Waals surface area contributed by atoms with E-state index in [1.54, 1.807) is 47.5 Å². The Labute approximate surface area is 185 Å². The third kappa shape index (κ3) is 4.41. The number of hydrazone groups is 1. The van der Waals surface area contributed by atoms with Crippen LogP contribution in [-0.2, 0) is 4.79 Å². The van der Waals surface area contributed by atoms with Crippen LogP contribution < -0.4 is 10.3 Å². The fraction of sp³-hybridized carbons (Fsp3) is 0.364. The van der Waals surface area contributed by atoms with E-state index in [4.69, 9.17) is 23.2 Å². The molecule has 0 bridgehead atoms. The molecule has 30 heavy (non-hydrogen) atoms. The minimum atomic E-state index is -0.528. The number of nitrogens with zero attached hydrogens (tertiary/aromatic N) is 2. The molecule has 3 atom stereocenters. The maximum absolute atomic E-state index is 12.9. The monoisotopic (exact) mass is 447 g/mol. The number of carbonyl (C=O) groups is 1. The van der Waals surface area contributed by atoms with Crippen LogP contribution in [0.15, 0.2) is 47.6 Å². The summed E-state index contributed by atoms with van der Waals surface area (Å²) < 4.78 is 0. The first kappa shape index (κ1) is 21.0. The topological polar surface area (TPSA) is 85.2 Å². The summed E-state index contributed by atoms with van der Waals surface area (Å²) in [6, 6.07) is 11.4. The molecular weight excluding hydrogens is 425 g/mol. The molecule has 2 aliphatic rings. The summed E-state index contributed by atoms with van der Waals surface area (Å²) in [4.78, 5) is 12.9. The van der Waals surface area contributed by atoms with Crippen LogP contribution in [0.25, 0.3) is 0 Å². The number of aromatic hydroxyl groups is 1. The average molecular weight is 448 g/mol. The van der Waals surface area contributed by atoms with Gasteiger partial charge in [0.1, 0.15) is 11.5 Å². The van der Waals surface area contributed by atoms with Crippen molar-refractivity contribution in [1.82, 2.24) is 5.32 Å². The number of rotatable bonds is 4. The van der Waals surface area contributed by atoms with Crippen molar-refractivity contribution >= 4 is 40.5 Å². The number of phenolic OH excluding ortho intramolecular Hbond substituents is 1. The molecule has 0 unspecified atom stereocenters. The van der Waals surface area contributed by atoms with Crippen molar-refractivity contribution in [3.63, 3.8) is 0 Å². The van der Waals surface area contributed by atoms with Gasteiger partial charge in [0.05, 0.1) is 28.9 Å². The van der Waals surface area contributed by atoms with Gasteiger partial charge in [-0.15, -0.1) is 0 Å². The van der Waals surface area contributed by atoms with Crippen LogP contribution >= 0.6 is 23.2 Å². The molecule has 8 heteroatoms. The minimum Gasteiger partial charge on any atom is -0.508 e. The molecule has 0 saturated heterocycles. The standard InChI is InChI=1S/C22H23Cl2N3O3/c23-14-7-10-19(16(24)11-14)27-20(13-5-8-15(28)9-6-13)12-18(26-27)22(30)25-17-3-1-2-4-21(17)29/h5-11,17,20-21,28-29H,1-4,12H2,(H,25,30)/t17-,20-,21-/m0/s1. The van der Waals surface area contributed by atoms with Crippen LogP contribution in [0.4, 0.5) is 5.69 Å². The predicted molar refractivity (Wildman–Crippen MR) is 118 cm³/mol. The predicted octanol–water partition coefficient (Wildman–Crippen LogP) is 4.43. The summed E-state index contributed by atoms with van der Waals surface area (Å²) >= 11 is 12.5. The quantitative estimate of drug-likeness (QED) is 0.646. The largest absolute Gasteiger partial charge is 0.508 e. The van der Waals surface area contributed by atoms with Crippen LogP contribution in [0.3, 0.4) is 0 Å². The molecule has 1 saturated carbocycles. The Morgan fingerprint density at radius 2 is 1.83 bits per heavy atom. The number of hydrogen-bond acceptors (Lipinski definition) is 5. The lowest BCUT2D eigenvalue weighted by Gasteiger charge is -2.28. The second kappa shape index (κ2) is 8.84. The lowest BCUT2D eigenvalue weighted by Crippen LogP contribution is -2.47. The molecule has 2 aromatic carbocycles. The molecular formula is C22H23Cl2N3O3. The lowest BCUT2D eigenvalue weighted by atomic mass is 9.92. The van der Waals surface area contributed by atoms with E-state index >= 15 is 0 Å². The summed E-state index contributed by atoms with van der Waals surface area (Å²) in [6.45, 7) is 0. The first-order valence-corrected chi connectivity index (χ1v) is 10.8. The molecule has 158 valence electrons. The Morgan fingerprint density at radius 1 is 1.10 bits per heavy atom. The Balaban J connectivity index is 1.63. The molecule has 3 N–H and O–H groups in total. The Morgan fingerprint density at radius 3 is 2.53 bits per heavy atom. The first-order chi connectivity index (χ1) is 14.4. The van der Waals surface area contributed by atoms with Gasteiger partial charge in [0.2, 0.25) is 0 Å². The van der Waals surface area contributed by atoms with Gasteiger partial charge in [-0.25, -0.2) is 0 Å². The highest BCUT2D eigenvalue weighted by atomic mass is 35.5. The molecule has 0 aromatic heterocycles. The van der Waals surface area contributed by atoms with E-state index in [1.807, 2.05) is 0 Å². The van der Waals surface area contributed by atoms with Gasteiger partial charge in [0.15, 0.2) is 0 Å². The number of aliphatic hydroxyl groups is 1. The number of carbonyl (C=O) groups excluding carboxylic acids is 1. The van der Waals surface area contributed by atoms with Gasteiger partial charge >= 0.3 is 0 Å². The summed E-state index contributed by atoms with van der Waals surface area (Å²) in [5.74, 6) is -0.115. The second-order valence-corrected chi connectivity index (χ2v) is 8.57. The number of nitrogens with one attached hydrogen (secondary N) is 1. The smallest absolute Gasteiger partial charge is 0.267 e. The molecule has 2 aromatic rings. The van der Waals surface area contributed by atoms with Gasteiger partial charge in [-0.2, -0.15) is 5.10 Å². The highest BCUT2D eigenvalue weighted by molar-refractivity contribution is 6.40. The van der Waals surface area contributed by atoms with Crippen LogP contribution in [0.5, 0.6) is 5.75 Å². The molecule has 0 radical (unpaired) electrons. The van der Waals surface area contributed by atoms with Crippen molar-refractivity contribution in [2.75, 3.05) is 5.01 Å². The minimum absolute atomic E-state index is 0.165. The van der Waals surface area contributed by atoms with E-state index in [2.05, 4.69) is 10.4 Å². The fourth-order valence-corrected chi connectivity index (χ4v) is 4.52. The van der Waals surface area contributed by atoms with Crippen LogP contribution in [-0.4, -0.2) is 34.0 Å². The first-order valence-electron chi connectivity index (χ1n) is 10.0. The molecule has 1 amide bonds. The summed E-state index contributed by atoms with van der Waals surface area (Å²) in [6.07, 6.45) is 3.25. The van der Waals surface area contributed by atoms with Gasteiger partial charge in [-0.3, -0.25) is 9.80 Å². The Hall–Kier alpha value is -2.28. The average Bonchev–Trinajstić information content (AvgIpc) is 3.15. The van der Waals surface area contributed by atoms with E-state index in [9.17, 15) is 15.0 Å². The van der Waals surface area contributed by atoms with E-state index < -0.39 is 6.10 Å². The van der Waals surface area contributed by atoms with Crippen molar-refractivity contribution in [2.24, 2.45) is 5.10 Å². The summed E-state index contributed by atoms with van der Waals surface area (Å²) in [7, 11) is 0. The van der Waals surface area contributed by atoms with Crippen LogP contribution in [0.2, 0.25) is 10.0 Å². The van der Waals surface area contributed by atoms with Gasteiger partial charge in [-0.05, 0) is 48.7 Å². The Kier molecular flexibility index (Phi) is 6.18. The molecule has 0 spiro atoms. The molecule has 1 aliphatic carbocycles. The van der Waals surface area contributed by atoms with Gasteiger partial charge in [-0.1, -0.05) is 48.2 Å². The highest BCUT2D eigenvalue weighted by Crippen LogP contribution is 2.40. The van der Waals surface area contributed by atoms with Crippen molar-refractivity contribution in [2.45, 2.75) is 50.3 Å². The number of aliphatic hydroxyl groups excluding tert-OH is 1. The lowest BCUT2D eigenvalue weighted by molar-refractivity contribution is -0.116. The molecule has 4 rings (SSSR count). The van der Waals surface area contributed by atoms with E-state index in [1.165, 1.54) is 0 Å². The number of amides is 1. The molecule has 6 nitrogen and oxygen atoms in total. The van der Waals surface area contributed by atoms with Crippen molar-refractivity contribution < 1.29 is 15.0 Å². The summed E-state index contributed by atoms with van der Waals surface area (Å²) in [5, 5.41) is 30.0. The zero-order valence-corrected chi connectivity index (χ0v) is 17.8. The fourth-order valence-electron chi connectivity index (χ4n) is 4.02. The maximum Gasteiger partial charge on any atom is 0.267 e. The van der Waals surface area contributed by atoms with E-state index in [0.29, 0.717) is 34.3 Å². The normalized spacial score (nSPS) is 23.9. The highest BCUT2D eigenvalue weighted by Gasteiger charge is 2.35. The zero-order chi connectivity index (χ0) is 21.3. The zero-order valence-electron chi connectivity index (χ0n) is 16.3. The molecule has 1 fully saturated rings. The maximum atomic E-state index is 12.9. The van der Waals surface area contributed by atoms with Crippen molar-refractivity contribution in [3.8, 4) is 5.75 Å². The number of halogens is 2. The van der Waals surface area contributed by atoms with Crippen LogP contribution in [0, 0.1) is 0 Å². The number of hydrogen-bond donors (Lipinski definition) is 3. The summed E-state index contributed by atoms with van der Waals surface area (Å²) in [5.41, 5.74) is 1.90. The van der Waals surface area contributed by atoms with Crippen molar-refractivity contribution in [1.29, 1.82) is 0 Å². The van der Waals surface area contributed by atoms with Crippen molar-refractivity contribution in [3.05, 3.63) is 58.1 Å².